The van der Waals surface area contributed by atoms with Gasteiger partial charge in [0.2, 0.25) is 0 Å². The summed E-state index contributed by atoms with van der Waals surface area (Å²) in [6, 6.07) is 5.96. The molecule has 3 aliphatic heterocycles. The molecule has 2 saturated heterocycles. The van der Waals surface area contributed by atoms with Crippen LogP contribution in [0.4, 0.5) is 0 Å². The van der Waals surface area contributed by atoms with Gasteiger partial charge in [0, 0.05) is 48.1 Å². The molecule has 1 saturated carbocycles. The standard InChI is InChI=1S/C22H28N2O4/c1-12(25)15-8-13-10-22(21(26)28-3)19-16-9-14(27-2)4-5-17(16)23-18(19)6-7-24(11-13)20(15)22/h4-5,9,12-13,15,20,23,25H,6-8,10-11H2,1-3H3/t12-,13-,15-,20+,22-/m0/s1. The molecule has 0 amide bonds. The van der Waals surface area contributed by atoms with Crippen LogP contribution in [0.1, 0.15) is 31.0 Å². The number of aliphatic hydroxyl groups excluding tert-OH is 1. The van der Waals surface area contributed by atoms with Crippen LogP contribution in [0.15, 0.2) is 18.2 Å². The van der Waals surface area contributed by atoms with Gasteiger partial charge in [0.1, 0.15) is 11.2 Å². The van der Waals surface area contributed by atoms with E-state index in [9.17, 15) is 9.90 Å². The summed E-state index contributed by atoms with van der Waals surface area (Å²) in [6.45, 7) is 3.75. The first-order chi connectivity index (χ1) is 13.5. The van der Waals surface area contributed by atoms with E-state index in [1.807, 2.05) is 25.1 Å². The van der Waals surface area contributed by atoms with Crippen LogP contribution in [0.25, 0.3) is 10.9 Å². The number of carbonyl (C=O) groups excluding carboxylic acids is 1. The van der Waals surface area contributed by atoms with Crippen molar-refractivity contribution in [2.24, 2.45) is 11.8 Å². The fourth-order valence-corrected chi connectivity index (χ4v) is 6.44. The zero-order valence-corrected chi connectivity index (χ0v) is 16.7. The molecule has 0 radical (unpaired) electrons. The van der Waals surface area contributed by atoms with E-state index in [2.05, 4.69) is 9.88 Å². The van der Waals surface area contributed by atoms with Crippen LogP contribution < -0.4 is 4.74 Å². The Morgan fingerprint density at radius 3 is 2.93 bits per heavy atom. The highest BCUT2D eigenvalue weighted by Gasteiger charge is 2.63. The number of methoxy groups -OCH3 is 2. The molecule has 2 aromatic rings. The zero-order valence-electron chi connectivity index (χ0n) is 16.7. The van der Waals surface area contributed by atoms with Gasteiger partial charge in [0.05, 0.1) is 20.3 Å². The summed E-state index contributed by atoms with van der Waals surface area (Å²) in [5.41, 5.74) is 2.45. The summed E-state index contributed by atoms with van der Waals surface area (Å²) in [5.74, 6) is 1.05. The lowest BCUT2D eigenvalue weighted by Gasteiger charge is -2.58. The Kier molecular flexibility index (Phi) is 4.00. The van der Waals surface area contributed by atoms with E-state index in [0.29, 0.717) is 5.92 Å². The third-order valence-electron chi connectivity index (χ3n) is 7.36. The van der Waals surface area contributed by atoms with Gasteiger partial charge in [-0.1, -0.05) is 0 Å². The lowest BCUT2D eigenvalue weighted by Crippen LogP contribution is -2.68. The van der Waals surface area contributed by atoms with Crippen molar-refractivity contribution < 1.29 is 19.4 Å². The fraction of sp³-hybridized carbons (Fsp3) is 0.591. The van der Waals surface area contributed by atoms with Gasteiger partial charge in [0.15, 0.2) is 0 Å². The van der Waals surface area contributed by atoms with Crippen LogP contribution in [0.5, 0.6) is 5.75 Å². The Balaban J connectivity index is 1.82. The van der Waals surface area contributed by atoms with Crippen LogP contribution in [0, 0.1) is 11.8 Å². The number of aromatic nitrogens is 1. The van der Waals surface area contributed by atoms with Crippen molar-refractivity contribution in [3.8, 4) is 5.75 Å². The van der Waals surface area contributed by atoms with E-state index in [1.54, 1.807) is 7.11 Å². The first kappa shape index (κ1) is 18.0. The Morgan fingerprint density at radius 1 is 1.39 bits per heavy atom. The van der Waals surface area contributed by atoms with E-state index in [1.165, 1.54) is 7.11 Å². The number of carbonyl (C=O) groups is 1. The lowest BCUT2D eigenvalue weighted by atomic mass is 9.54. The molecular weight excluding hydrogens is 356 g/mol. The molecule has 0 spiro atoms. The highest BCUT2D eigenvalue weighted by molar-refractivity contribution is 5.96. The Bertz CT molecular complexity index is 936. The fourth-order valence-electron chi connectivity index (χ4n) is 6.44. The summed E-state index contributed by atoms with van der Waals surface area (Å²) in [6.07, 6.45) is 2.15. The number of benzene rings is 1. The number of hydrogen-bond donors (Lipinski definition) is 2. The van der Waals surface area contributed by atoms with Crippen molar-refractivity contribution in [1.29, 1.82) is 0 Å². The van der Waals surface area contributed by atoms with Gasteiger partial charge in [-0.3, -0.25) is 9.69 Å². The van der Waals surface area contributed by atoms with Gasteiger partial charge >= 0.3 is 5.97 Å². The summed E-state index contributed by atoms with van der Waals surface area (Å²) in [7, 11) is 3.15. The number of fused-ring (bicyclic) bond motifs is 4. The van der Waals surface area contributed by atoms with Gasteiger partial charge in [-0.25, -0.2) is 0 Å². The van der Waals surface area contributed by atoms with Crippen LogP contribution in [0.3, 0.4) is 0 Å². The average Bonchev–Trinajstić information content (AvgIpc) is 3.04. The smallest absolute Gasteiger partial charge is 0.318 e. The predicted molar refractivity (Wildman–Crippen MR) is 106 cm³/mol. The number of piperidine rings is 2. The topological polar surface area (TPSA) is 74.8 Å². The van der Waals surface area contributed by atoms with Crippen LogP contribution >= 0.6 is 0 Å². The SMILES string of the molecule is COC(=O)[C@]12C[C@@H]3C[C@@H]([C@H](C)O)[C@H]1N(CCc1[nH]c4ccc(OC)cc4c12)C3. The van der Waals surface area contributed by atoms with E-state index in [-0.39, 0.29) is 17.9 Å². The molecule has 1 aromatic heterocycles. The number of aliphatic hydroxyl groups is 1. The number of esters is 1. The maximum absolute atomic E-state index is 13.5. The first-order valence-electron chi connectivity index (χ1n) is 10.2. The normalized spacial score (nSPS) is 34.6. The van der Waals surface area contributed by atoms with Gasteiger partial charge in [-0.15, -0.1) is 0 Å². The summed E-state index contributed by atoms with van der Waals surface area (Å²) < 4.78 is 10.9. The number of ether oxygens (including phenoxy) is 2. The highest BCUT2D eigenvalue weighted by Crippen LogP contribution is 2.56. The second-order valence-corrected chi connectivity index (χ2v) is 8.75. The molecule has 3 fully saturated rings. The maximum Gasteiger partial charge on any atom is 0.318 e. The van der Waals surface area contributed by atoms with Crippen molar-refractivity contribution >= 4 is 16.9 Å². The molecule has 6 atom stereocenters. The molecule has 6 heteroatoms. The molecule has 28 heavy (non-hydrogen) atoms. The third kappa shape index (κ3) is 2.25. The minimum Gasteiger partial charge on any atom is -0.497 e. The summed E-state index contributed by atoms with van der Waals surface area (Å²) >= 11 is 0. The highest BCUT2D eigenvalue weighted by atomic mass is 16.5. The van der Waals surface area contributed by atoms with Crippen LogP contribution in [-0.4, -0.2) is 60.4 Å². The van der Waals surface area contributed by atoms with Crippen molar-refractivity contribution in [2.75, 3.05) is 27.3 Å². The number of rotatable bonds is 3. The van der Waals surface area contributed by atoms with Gasteiger partial charge in [-0.05, 0) is 49.4 Å². The number of nitrogens with one attached hydrogen (secondary N) is 1. The third-order valence-corrected chi connectivity index (χ3v) is 7.36. The summed E-state index contributed by atoms with van der Waals surface area (Å²) in [4.78, 5) is 19.5. The predicted octanol–water partition coefficient (Wildman–Crippen LogP) is 2.23. The number of aromatic amines is 1. The van der Waals surface area contributed by atoms with Crippen LogP contribution in [-0.2, 0) is 21.4 Å². The van der Waals surface area contributed by atoms with E-state index in [0.717, 1.165) is 60.3 Å². The van der Waals surface area contributed by atoms with E-state index in [4.69, 9.17) is 9.47 Å². The average molecular weight is 384 g/mol. The van der Waals surface area contributed by atoms with Gasteiger partial charge in [0.25, 0.3) is 0 Å². The Labute approximate surface area is 164 Å². The largest absolute Gasteiger partial charge is 0.497 e. The molecule has 1 aliphatic carbocycles. The molecule has 4 aliphatic rings. The van der Waals surface area contributed by atoms with E-state index >= 15 is 0 Å². The minimum absolute atomic E-state index is 0.0450. The molecule has 1 aromatic carbocycles. The molecule has 1 unspecified atom stereocenters. The molecule has 2 N–H and O–H groups in total. The Morgan fingerprint density at radius 2 is 2.21 bits per heavy atom. The maximum atomic E-state index is 13.5. The monoisotopic (exact) mass is 384 g/mol. The number of nitrogens with zero attached hydrogens (tertiary/aromatic N) is 1. The Hall–Kier alpha value is -2.05. The van der Waals surface area contributed by atoms with Crippen molar-refractivity contribution in [3.05, 3.63) is 29.5 Å². The number of hydrogen-bond acceptors (Lipinski definition) is 5. The van der Waals surface area contributed by atoms with Crippen molar-refractivity contribution in [2.45, 2.75) is 43.7 Å². The van der Waals surface area contributed by atoms with Gasteiger partial charge < -0.3 is 19.6 Å². The lowest BCUT2D eigenvalue weighted by molar-refractivity contribution is -0.165. The second kappa shape index (κ2) is 6.22. The van der Waals surface area contributed by atoms with E-state index < -0.39 is 11.5 Å². The second-order valence-electron chi connectivity index (χ2n) is 8.75. The minimum atomic E-state index is -0.756. The van der Waals surface area contributed by atoms with Crippen molar-refractivity contribution in [3.63, 3.8) is 0 Å². The molecule has 150 valence electrons. The molecule has 4 bridgehead atoms. The van der Waals surface area contributed by atoms with Crippen molar-refractivity contribution in [1.82, 2.24) is 9.88 Å². The summed E-state index contributed by atoms with van der Waals surface area (Å²) in [5, 5.41) is 11.6. The molecule has 6 nitrogen and oxygen atoms in total. The molecule has 6 rings (SSSR count). The number of H-pyrrole nitrogens is 1. The zero-order chi connectivity index (χ0) is 19.6. The molecular formula is C22H28N2O4. The van der Waals surface area contributed by atoms with Gasteiger partial charge in [-0.2, -0.15) is 0 Å². The molecule has 4 heterocycles. The van der Waals surface area contributed by atoms with Crippen LogP contribution in [0.2, 0.25) is 0 Å². The first-order valence-corrected chi connectivity index (χ1v) is 10.2. The quantitative estimate of drug-likeness (QED) is 0.794.